The molecule has 0 aliphatic heterocycles. The van der Waals surface area contributed by atoms with Crippen molar-refractivity contribution < 1.29 is 62.7 Å². The van der Waals surface area contributed by atoms with E-state index in [-0.39, 0.29) is 0 Å². The maximum absolute atomic E-state index is 12.5. The van der Waals surface area contributed by atoms with Gasteiger partial charge in [0.15, 0.2) is 0 Å². The van der Waals surface area contributed by atoms with Gasteiger partial charge in [0.05, 0.1) is 0 Å². The molecule has 13 nitrogen and oxygen atoms in total. The van der Waals surface area contributed by atoms with Gasteiger partial charge in [0.1, 0.15) is 36.6 Å². The number of phosphoric acid groups is 1. The van der Waals surface area contributed by atoms with Crippen molar-refractivity contribution in [1.29, 1.82) is 0 Å². The van der Waals surface area contributed by atoms with Crippen molar-refractivity contribution in [3.63, 3.8) is 0 Å². The van der Waals surface area contributed by atoms with E-state index in [1.807, 2.05) is 0 Å². The van der Waals surface area contributed by atoms with E-state index in [0.717, 1.165) is 13.8 Å². The van der Waals surface area contributed by atoms with Crippen LogP contribution in [0.1, 0.15) is 13.8 Å². The molecule has 152 valence electrons. The number of phosphoric ester groups is 1. The van der Waals surface area contributed by atoms with Gasteiger partial charge in [-0.15, -0.1) is 0 Å². The van der Waals surface area contributed by atoms with E-state index in [1.165, 1.54) is 0 Å². The second-order valence-electron chi connectivity index (χ2n) is 5.24. The molecule has 0 spiro atoms. The molecular formula is C12H21O13P. The summed E-state index contributed by atoms with van der Waals surface area (Å²) >= 11 is 0. The Labute approximate surface area is 147 Å². The fourth-order valence-electron chi connectivity index (χ4n) is 1.92. The predicted molar refractivity (Wildman–Crippen MR) is 77.9 cm³/mol. The average Bonchev–Trinajstić information content (AvgIpc) is 2.54. The topological polar surface area (TPSA) is 199 Å². The predicted octanol–water partition coefficient (Wildman–Crippen LogP) is -2.63. The number of carbonyl (C=O) groups excluding carboxylic acids is 2. The van der Waals surface area contributed by atoms with Crippen LogP contribution in [0.25, 0.3) is 0 Å². The number of esters is 2. The Bertz CT molecular complexity index is 499. The first-order valence-corrected chi connectivity index (χ1v) is 8.69. The third-order valence-corrected chi connectivity index (χ3v) is 4.61. The average molecular weight is 404 g/mol. The zero-order chi connectivity index (χ0) is 20.1. The number of hydrogen-bond donors (Lipinski definition) is 5. The van der Waals surface area contributed by atoms with Gasteiger partial charge in [-0.3, -0.25) is 14.1 Å². The Morgan fingerprint density at radius 1 is 0.769 bits per heavy atom. The fourth-order valence-corrected chi connectivity index (χ4v) is 3.02. The molecule has 5 N–H and O–H groups in total. The van der Waals surface area contributed by atoms with Crippen molar-refractivity contribution >= 4 is 19.8 Å². The summed E-state index contributed by atoms with van der Waals surface area (Å²) < 4.78 is 35.5. The largest absolute Gasteiger partial charge is 0.481 e. The molecule has 6 atom stereocenters. The summed E-state index contributed by atoms with van der Waals surface area (Å²) in [6.45, 7) is 0.216. The Balaban J connectivity index is 2.89. The van der Waals surface area contributed by atoms with E-state index in [1.54, 1.807) is 0 Å². The highest BCUT2D eigenvalue weighted by atomic mass is 31.2. The van der Waals surface area contributed by atoms with Gasteiger partial charge < -0.3 is 35.0 Å². The molecule has 0 radical (unpaired) electrons. The minimum absolute atomic E-state index is 0.803. The van der Waals surface area contributed by atoms with Gasteiger partial charge in [-0.05, 0) is 0 Å². The maximum Gasteiger partial charge on any atom is 0.481 e. The Morgan fingerprint density at radius 3 is 1.46 bits per heavy atom. The SMILES string of the molecule is CC(=O)OCOP(=O)(OCOC(C)=O)OC1C(O)[C@H](O)C(O)C(O)[C@@H]1O. The highest BCUT2D eigenvalue weighted by Crippen LogP contribution is 2.52. The molecule has 1 fully saturated rings. The number of carbonyl (C=O) groups is 2. The van der Waals surface area contributed by atoms with Crippen LogP contribution in [0, 0.1) is 0 Å². The molecule has 1 saturated carbocycles. The third kappa shape index (κ3) is 6.23. The monoisotopic (exact) mass is 404 g/mol. The zero-order valence-corrected chi connectivity index (χ0v) is 14.7. The van der Waals surface area contributed by atoms with Gasteiger partial charge in [0, 0.05) is 13.8 Å². The lowest BCUT2D eigenvalue weighted by Gasteiger charge is -2.41. The molecule has 0 amide bonds. The second-order valence-corrected chi connectivity index (χ2v) is 6.86. The minimum Gasteiger partial charge on any atom is -0.438 e. The first-order chi connectivity index (χ1) is 12.0. The summed E-state index contributed by atoms with van der Waals surface area (Å²) in [5.74, 6) is -1.61. The highest BCUT2D eigenvalue weighted by molar-refractivity contribution is 7.48. The molecular weight excluding hydrogens is 383 g/mol. The number of ether oxygens (including phenoxy) is 2. The molecule has 1 aliphatic carbocycles. The van der Waals surface area contributed by atoms with Crippen LogP contribution in [-0.2, 0) is 37.2 Å². The maximum atomic E-state index is 12.5. The molecule has 0 heterocycles. The van der Waals surface area contributed by atoms with Gasteiger partial charge >= 0.3 is 19.8 Å². The van der Waals surface area contributed by atoms with Crippen molar-refractivity contribution in [2.75, 3.05) is 13.6 Å². The van der Waals surface area contributed by atoms with Crippen LogP contribution in [-0.4, -0.2) is 87.7 Å². The molecule has 1 rings (SSSR count). The van der Waals surface area contributed by atoms with Crippen LogP contribution in [0.15, 0.2) is 0 Å². The van der Waals surface area contributed by atoms with Gasteiger partial charge in [0.25, 0.3) is 0 Å². The van der Waals surface area contributed by atoms with Gasteiger partial charge in [0.2, 0.25) is 13.6 Å². The van der Waals surface area contributed by atoms with Crippen LogP contribution < -0.4 is 0 Å². The summed E-state index contributed by atoms with van der Waals surface area (Å²) in [6.07, 6.45) is -11.7. The smallest absolute Gasteiger partial charge is 0.438 e. The lowest BCUT2D eigenvalue weighted by molar-refractivity contribution is -0.222. The van der Waals surface area contributed by atoms with Crippen molar-refractivity contribution in [1.82, 2.24) is 0 Å². The molecule has 14 heteroatoms. The molecule has 0 aromatic rings. The lowest BCUT2D eigenvalue weighted by atomic mass is 9.85. The van der Waals surface area contributed by atoms with Gasteiger partial charge in [-0.25, -0.2) is 13.6 Å². The van der Waals surface area contributed by atoms with Crippen molar-refractivity contribution in [3.05, 3.63) is 0 Å². The summed E-state index contributed by atoms with van der Waals surface area (Å²) in [5.41, 5.74) is 0. The molecule has 1 aliphatic rings. The summed E-state index contributed by atoms with van der Waals surface area (Å²) in [5, 5.41) is 48.5. The second kappa shape index (κ2) is 9.69. The normalized spacial score (nSPS) is 32.1. The van der Waals surface area contributed by atoms with Crippen LogP contribution in [0.3, 0.4) is 0 Å². The van der Waals surface area contributed by atoms with E-state index in [2.05, 4.69) is 18.5 Å². The first kappa shape index (κ1) is 22.9. The number of rotatable bonds is 8. The molecule has 0 bridgehead atoms. The first-order valence-electron chi connectivity index (χ1n) is 7.23. The van der Waals surface area contributed by atoms with Crippen LogP contribution in [0.4, 0.5) is 0 Å². The molecule has 0 saturated heterocycles. The molecule has 26 heavy (non-hydrogen) atoms. The Kier molecular flexibility index (Phi) is 8.53. The van der Waals surface area contributed by atoms with E-state index in [9.17, 15) is 39.7 Å². The van der Waals surface area contributed by atoms with Gasteiger partial charge in [-0.1, -0.05) is 0 Å². The van der Waals surface area contributed by atoms with Gasteiger partial charge in [-0.2, -0.15) is 0 Å². The molecule has 4 unspecified atom stereocenters. The van der Waals surface area contributed by atoms with Crippen LogP contribution in [0.2, 0.25) is 0 Å². The summed E-state index contributed by atoms with van der Waals surface area (Å²) in [4.78, 5) is 21.5. The fraction of sp³-hybridized carbons (Fsp3) is 0.833. The Morgan fingerprint density at radius 2 is 1.12 bits per heavy atom. The summed E-state index contributed by atoms with van der Waals surface area (Å²) in [6, 6.07) is 0. The number of aliphatic hydroxyl groups excluding tert-OH is 5. The zero-order valence-electron chi connectivity index (χ0n) is 13.8. The van der Waals surface area contributed by atoms with E-state index >= 15 is 0 Å². The number of aliphatic hydroxyl groups is 5. The minimum atomic E-state index is -4.73. The lowest BCUT2D eigenvalue weighted by Crippen LogP contribution is -2.64. The molecule has 0 aromatic heterocycles. The van der Waals surface area contributed by atoms with E-state index in [4.69, 9.17) is 4.52 Å². The third-order valence-electron chi connectivity index (χ3n) is 3.27. The van der Waals surface area contributed by atoms with Crippen molar-refractivity contribution in [2.24, 2.45) is 0 Å². The quantitative estimate of drug-likeness (QED) is 0.160. The van der Waals surface area contributed by atoms with Crippen molar-refractivity contribution in [3.8, 4) is 0 Å². The van der Waals surface area contributed by atoms with E-state index in [0.29, 0.717) is 0 Å². The summed E-state index contributed by atoms with van der Waals surface area (Å²) in [7, 11) is -4.73. The van der Waals surface area contributed by atoms with Crippen LogP contribution in [0.5, 0.6) is 0 Å². The van der Waals surface area contributed by atoms with E-state index < -0.39 is 70.0 Å². The standard InChI is InChI=1S/C12H21O13P/c1-5(13)21-3-23-26(20,24-4-22-6(2)14)25-12-10(18)8(16)7(15)9(17)11(12)19/h7-12,15-19H,3-4H2,1-2H3/t7?,8-,9?,10?,11+,12?/m1/s1. The molecule has 0 aromatic carbocycles. The number of hydrogen-bond acceptors (Lipinski definition) is 13. The van der Waals surface area contributed by atoms with Crippen molar-refractivity contribution in [2.45, 2.75) is 50.5 Å². The highest BCUT2D eigenvalue weighted by Gasteiger charge is 2.52. The van der Waals surface area contributed by atoms with Crippen LogP contribution >= 0.6 is 7.82 Å². The Hall–Kier alpha value is -1.15.